The molecule has 7 nitrogen and oxygen atoms in total. The molecule has 0 unspecified atom stereocenters. The molecule has 0 radical (unpaired) electrons. The van der Waals surface area contributed by atoms with Crippen molar-refractivity contribution in [2.75, 3.05) is 31.2 Å². The molecule has 24 heavy (non-hydrogen) atoms. The van der Waals surface area contributed by atoms with Gasteiger partial charge in [0.2, 0.25) is 11.1 Å². The van der Waals surface area contributed by atoms with Crippen LogP contribution in [0.4, 0.5) is 14.6 Å². The number of anilines is 1. The zero-order valence-corrected chi connectivity index (χ0v) is 13.5. The smallest absolute Gasteiger partial charge is 0.257 e. The number of rotatable bonds is 4. The summed E-state index contributed by atoms with van der Waals surface area (Å²) in [5.41, 5.74) is 0. The van der Waals surface area contributed by atoms with Gasteiger partial charge in [0.15, 0.2) is 23.6 Å². The van der Waals surface area contributed by atoms with E-state index in [4.69, 9.17) is 21.1 Å². The largest absolute Gasteiger partial charge is 0.464 e. The first-order chi connectivity index (χ1) is 11.5. The fourth-order valence-corrected chi connectivity index (χ4v) is 2.36. The summed E-state index contributed by atoms with van der Waals surface area (Å²) in [5, 5.41) is -0.139. The highest BCUT2D eigenvalue weighted by Gasteiger charge is 2.24. The first-order valence-corrected chi connectivity index (χ1v) is 7.62. The maximum Gasteiger partial charge on any atom is 0.257 e. The van der Waals surface area contributed by atoms with Crippen LogP contribution in [0.1, 0.15) is 18.9 Å². The molecular weight excluding hydrogens is 344 g/mol. The summed E-state index contributed by atoms with van der Waals surface area (Å²) >= 11 is 5.88. The van der Waals surface area contributed by atoms with E-state index in [1.807, 2.05) is 0 Å². The molecule has 0 aliphatic carbocycles. The lowest BCUT2D eigenvalue weighted by Gasteiger charge is -2.28. The Morgan fingerprint density at radius 3 is 2.54 bits per heavy atom. The lowest BCUT2D eigenvalue weighted by atomic mass is 10.3. The standard InChI is InChI=1S/C14H14ClF2N5O2/c1-8(11-18-6-9(16)7-19-11)24-13-10(17)12(20-14(15)21-13)22-2-4-23-5-3-22/h6-8H,2-5H2,1H3/t8-/m0/s1. The Bertz CT molecular complexity index is 713. The molecule has 2 aromatic rings. The molecule has 10 heteroatoms. The van der Waals surface area contributed by atoms with Crippen molar-refractivity contribution in [2.45, 2.75) is 13.0 Å². The number of hydrogen-bond donors (Lipinski definition) is 0. The van der Waals surface area contributed by atoms with Crippen molar-refractivity contribution in [3.8, 4) is 5.88 Å². The molecule has 1 saturated heterocycles. The molecule has 0 saturated carbocycles. The van der Waals surface area contributed by atoms with E-state index in [0.29, 0.717) is 26.3 Å². The molecule has 1 aliphatic rings. The van der Waals surface area contributed by atoms with Crippen LogP contribution in [0, 0.1) is 11.6 Å². The van der Waals surface area contributed by atoms with Gasteiger partial charge in [-0.2, -0.15) is 14.4 Å². The Morgan fingerprint density at radius 1 is 1.21 bits per heavy atom. The van der Waals surface area contributed by atoms with Gasteiger partial charge in [0.05, 0.1) is 25.6 Å². The first kappa shape index (κ1) is 16.7. The van der Waals surface area contributed by atoms with E-state index in [1.165, 1.54) is 0 Å². The summed E-state index contributed by atoms with van der Waals surface area (Å²) < 4.78 is 38.3. The highest BCUT2D eigenvalue weighted by molar-refractivity contribution is 6.28. The van der Waals surface area contributed by atoms with Gasteiger partial charge in [-0.15, -0.1) is 0 Å². The molecule has 3 heterocycles. The second-order valence-corrected chi connectivity index (χ2v) is 5.39. The molecule has 0 aromatic carbocycles. The molecule has 0 N–H and O–H groups in total. The van der Waals surface area contributed by atoms with Crippen LogP contribution in [0.3, 0.4) is 0 Å². The number of ether oxygens (including phenoxy) is 2. The number of hydrogen-bond acceptors (Lipinski definition) is 7. The van der Waals surface area contributed by atoms with Gasteiger partial charge < -0.3 is 14.4 Å². The van der Waals surface area contributed by atoms with Gasteiger partial charge in [-0.25, -0.2) is 14.4 Å². The molecule has 1 atom stereocenters. The fourth-order valence-electron chi connectivity index (χ4n) is 2.21. The monoisotopic (exact) mass is 357 g/mol. The van der Waals surface area contributed by atoms with E-state index >= 15 is 0 Å². The van der Waals surface area contributed by atoms with Crippen molar-refractivity contribution in [1.82, 2.24) is 19.9 Å². The number of morpholine rings is 1. The molecular formula is C14H14ClF2N5O2. The van der Waals surface area contributed by atoms with Gasteiger partial charge in [-0.1, -0.05) is 0 Å². The average Bonchev–Trinajstić information content (AvgIpc) is 2.59. The average molecular weight is 358 g/mol. The van der Waals surface area contributed by atoms with Crippen LogP contribution in [-0.4, -0.2) is 46.2 Å². The predicted octanol–water partition coefficient (Wildman–Crippen LogP) is 2.17. The van der Waals surface area contributed by atoms with E-state index in [-0.39, 0.29) is 22.8 Å². The Hall–Kier alpha value is -2.13. The Morgan fingerprint density at radius 2 is 1.88 bits per heavy atom. The molecule has 0 bridgehead atoms. The maximum absolute atomic E-state index is 14.7. The van der Waals surface area contributed by atoms with Gasteiger partial charge in [0, 0.05) is 13.1 Å². The van der Waals surface area contributed by atoms with Crippen molar-refractivity contribution in [1.29, 1.82) is 0 Å². The summed E-state index contributed by atoms with van der Waals surface area (Å²) in [7, 11) is 0. The Balaban J connectivity index is 1.84. The van der Waals surface area contributed by atoms with Crippen molar-refractivity contribution >= 4 is 17.4 Å². The molecule has 0 spiro atoms. The van der Waals surface area contributed by atoms with Crippen LogP contribution in [0.25, 0.3) is 0 Å². The normalized spacial score (nSPS) is 16.1. The lowest BCUT2D eigenvalue weighted by molar-refractivity contribution is 0.121. The van der Waals surface area contributed by atoms with Gasteiger partial charge >= 0.3 is 0 Å². The number of aromatic nitrogens is 4. The van der Waals surface area contributed by atoms with Crippen LogP contribution in [0.15, 0.2) is 12.4 Å². The van der Waals surface area contributed by atoms with E-state index in [9.17, 15) is 8.78 Å². The molecule has 1 aliphatic heterocycles. The minimum Gasteiger partial charge on any atom is -0.464 e. The van der Waals surface area contributed by atoms with Crippen LogP contribution < -0.4 is 9.64 Å². The zero-order valence-electron chi connectivity index (χ0n) is 12.7. The third-order valence-electron chi connectivity index (χ3n) is 3.38. The van der Waals surface area contributed by atoms with Crippen molar-refractivity contribution < 1.29 is 18.3 Å². The SMILES string of the molecule is C[C@H](Oc1nc(Cl)nc(N2CCOCC2)c1F)c1ncc(F)cn1. The summed E-state index contributed by atoms with van der Waals surface area (Å²) in [6.07, 6.45) is 1.26. The second kappa shape index (κ2) is 7.18. The van der Waals surface area contributed by atoms with E-state index in [1.54, 1.807) is 11.8 Å². The van der Waals surface area contributed by atoms with Crippen LogP contribution in [0.2, 0.25) is 5.28 Å². The predicted molar refractivity (Wildman–Crippen MR) is 81.1 cm³/mol. The van der Waals surface area contributed by atoms with Crippen molar-refractivity contribution in [2.24, 2.45) is 0 Å². The van der Waals surface area contributed by atoms with Gasteiger partial charge in [0.25, 0.3) is 5.88 Å². The molecule has 128 valence electrons. The third kappa shape index (κ3) is 3.68. The van der Waals surface area contributed by atoms with Gasteiger partial charge in [0.1, 0.15) is 0 Å². The second-order valence-electron chi connectivity index (χ2n) is 5.05. The summed E-state index contributed by atoms with van der Waals surface area (Å²) in [6.45, 7) is 3.51. The summed E-state index contributed by atoms with van der Waals surface area (Å²) in [4.78, 5) is 17.0. The maximum atomic E-state index is 14.7. The molecule has 3 rings (SSSR count). The molecule has 2 aromatic heterocycles. The Labute approximate surface area is 141 Å². The van der Waals surface area contributed by atoms with Crippen LogP contribution in [-0.2, 0) is 4.74 Å². The van der Waals surface area contributed by atoms with Crippen molar-refractivity contribution in [3.05, 3.63) is 35.1 Å². The highest BCUT2D eigenvalue weighted by atomic mass is 35.5. The van der Waals surface area contributed by atoms with Gasteiger partial charge in [-0.3, -0.25) is 0 Å². The zero-order chi connectivity index (χ0) is 17.1. The minimum atomic E-state index is -0.747. The number of halogens is 3. The van der Waals surface area contributed by atoms with E-state index in [2.05, 4.69) is 19.9 Å². The van der Waals surface area contributed by atoms with Gasteiger partial charge in [-0.05, 0) is 18.5 Å². The molecule has 0 amide bonds. The topological polar surface area (TPSA) is 73.3 Å². The molecule has 1 fully saturated rings. The Kier molecular flexibility index (Phi) is 5.00. The number of nitrogens with zero attached hydrogens (tertiary/aromatic N) is 5. The van der Waals surface area contributed by atoms with Crippen LogP contribution in [0.5, 0.6) is 5.88 Å². The summed E-state index contributed by atoms with van der Waals surface area (Å²) in [5.74, 6) is -1.36. The van der Waals surface area contributed by atoms with Crippen molar-refractivity contribution in [3.63, 3.8) is 0 Å². The van der Waals surface area contributed by atoms with Crippen LogP contribution >= 0.6 is 11.6 Å². The van der Waals surface area contributed by atoms with E-state index in [0.717, 1.165) is 12.4 Å². The fraction of sp³-hybridized carbons (Fsp3) is 0.429. The minimum absolute atomic E-state index is 0.0560. The summed E-state index contributed by atoms with van der Waals surface area (Å²) in [6, 6.07) is 0. The third-order valence-corrected chi connectivity index (χ3v) is 3.55. The highest BCUT2D eigenvalue weighted by Crippen LogP contribution is 2.29. The quantitative estimate of drug-likeness (QED) is 0.776. The lowest BCUT2D eigenvalue weighted by Crippen LogP contribution is -2.37. The van der Waals surface area contributed by atoms with E-state index < -0.39 is 17.7 Å². The first-order valence-electron chi connectivity index (χ1n) is 7.24.